The molecule has 0 aliphatic carbocycles. The van der Waals surface area contributed by atoms with Crippen LogP contribution in [0.1, 0.15) is 45.0 Å². The van der Waals surface area contributed by atoms with Gasteiger partial charge in [-0.15, -0.1) is 0 Å². The lowest BCUT2D eigenvalue weighted by molar-refractivity contribution is 0.105. The Labute approximate surface area is 112 Å². The molecule has 2 aromatic rings. The maximum atomic E-state index is 12.1. The van der Waals surface area contributed by atoms with Crippen LogP contribution in [0.3, 0.4) is 0 Å². The van der Waals surface area contributed by atoms with E-state index >= 15 is 0 Å². The van der Waals surface area contributed by atoms with E-state index in [0.29, 0.717) is 6.04 Å². The van der Waals surface area contributed by atoms with Crippen molar-refractivity contribution in [2.45, 2.75) is 45.2 Å². The summed E-state index contributed by atoms with van der Waals surface area (Å²) in [5.74, 6) is 0.856. The molecule has 19 heavy (non-hydrogen) atoms. The lowest BCUT2D eigenvalue weighted by Gasteiger charge is -2.37. The Morgan fingerprint density at radius 2 is 2.21 bits per heavy atom. The molecule has 1 aliphatic rings. The van der Waals surface area contributed by atoms with Crippen LogP contribution in [0.5, 0.6) is 0 Å². The van der Waals surface area contributed by atoms with Crippen molar-refractivity contribution in [3.05, 3.63) is 34.4 Å². The summed E-state index contributed by atoms with van der Waals surface area (Å²) in [6.07, 6.45) is 3.50. The number of piperidine rings is 1. The van der Waals surface area contributed by atoms with E-state index in [-0.39, 0.29) is 11.6 Å². The Kier molecular flexibility index (Phi) is 3.14. The fourth-order valence-electron chi connectivity index (χ4n) is 3.05. The van der Waals surface area contributed by atoms with Crippen LogP contribution in [0, 0.1) is 0 Å². The fraction of sp³-hybridized carbons (Fsp3) is 0.571. The Balaban J connectivity index is 2.10. The average Bonchev–Trinajstić information content (AvgIpc) is 2.84. The monoisotopic (exact) mass is 260 g/mol. The van der Waals surface area contributed by atoms with Crippen LogP contribution in [0.15, 0.2) is 23.0 Å². The van der Waals surface area contributed by atoms with E-state index in [0.717, 1.165) is 24.4 Å². The van der Waals surface area contributed by atoms with Gasteiger partial charge in [-0.05, 0) is 39.3 Å². The Bertz CT molecular complexity index is 628. The zero-order valence-corrected chi connectivity index (χ0v) is 11.5. The second kappa shape index (κ2) is 4.81. The minimum atomic E-state index is -0.00414. The van der Waals surface area contributed by atoms with Crippen LogP contribution >= 0.6 is 0 Å². The molecule has 0 bridgehead atoms. The SMILES string of the molecule is CC(C)N1CCCCC1c1n[nH]c2cccc(=O)n12. The molecule has 1 atom stereocenters. The van der Waals surface area contributed by atoms with Crippen molar-refractivity contribution in [2.24, 2.45) is 0 Å². The number of hydrogen-bond acceptors (Lipinski definition) is 3. The zero-order chi connectivity index (χ0) is 13.4. The maximum absolute atomic E-state index is 12.1. The molecule has 0 amide bonds. The third-order valence-corrected chi connectivity index (χ3v) is 3.97. The van der Waals surface area contributed by atoms with E-state index in [1.165, 1.54) is 12.8 Å². The van der Waals surface area contributed by atoms with Crippen LogP contribution in [0.4, 0.5) is 0 Å². The van der Waals surface area contributed by atoms with Crippen LogP contribution < -0.4 is 5.56 Å². The molecule has 1 N–H and O–H groups in total. The number of nitrogens with zero attached hydrogens (tertiary/aromatic N) is 3. The lowest BCUT2D eigenvalue weighted by Crippen LogP contribution is -2.40. The molecule has 5 heteroatoms. The molecule has 0 saturated carbocycles. The van der Waals surface area contributed by atoms with Gasteiger partial charge < -0.3 is 0 Å². The topological polar surface area (TPSA) is 53.4 Å². The summed E-state index contributed by atoms with van der Waals surface area (Å²) in [4.78, 5) is 14.5. The van der Waals surface area contributed by atoms with Gasteiger partial charge in [0, 0.05) is 12.1 Å². The summed E-state index contributed by atoms with van der Waals surface area (Å²) in [7, 11) is 0. The van der Waals surface area contributed by atoms with E-state index in [9.17, 15) is 4.79 Å². The first-order valence-electron chi connectivity index (χ1n) is 7.00. The molecule has 1 unspecified atom stereocenters. The molecule has 0 radical (unpaired) electrons. The number of likely N-dealkylation sites (tertiary alicyclic amines) is 1. The highest BCUT2D eigenvalue weighted by atomic mass is 16.1. The average molecular weight is 260 g/mol. The third-order valence-electron chi connectivity index (χ3n) is 3.97. The van der Waals surface area contributed by atoms with Gasteiger partial charge in [0.15, 0.2) is 5.82 Å². The standard InChI is InChI=1S/C14H20N4O/c1-10(2)17-9-4-3-6-11(17)14-16-15-12-7-5-8-13(19)18(12)14/h5,7-8,10-11,15H,3-4,6,9H2,1-2H3. The highest BCUT2D eigenvalue weighted by molar-refractivity contribution is 5.37. The largest absolute Gasteiger partial charge is 0.291 e. The van der Waals surface area contributed by atoms with Crippen molar-refractivity contribution in [1.29, 1.82) is 0 Å². The molecule has 0 spiro atoms. The predicted molar refractivity (Wildman–Crippen MR) is 74.2 cm³/mol. The van der Waals surface area contributed by atoms with E-state index in [1.807, 2.05) is 6.07 Å². The van der Waals surface area contributed by atoms with Crippen molar-refractivity contribution < 1.29 is 0 Å². The van der Waals surface area contributed by atoms with Crippen molar-refractivity contribution >= 4 is 5.65 Å². The molecule has 1 fully saturated rings. The Hall–Kier alpha value is -1.62. The van der Waals surface area contributed by atoms with Gasteiger partial charge in [-0.1, -0.05) is 12.5 Å². The van der Waals surface area contributed by atoms with Gasteiger partial charge in [-0.25, -0.2) is 4.40 Å². The van der Waals surface area contributed by atoms with Gasteiger partial charge >= 0.3 is 0 Å². The van der Waals surface area contributed by atoms with Crippen molar-refractivity contribution in [1.82, 2.24) is 19.5 Å². The van der Waals surface area contributed by atoms with Crippen LogP contribution in [-0.2, 0) is 0 Å². The molecular formula is C14H20N4O. The lowest BCUT2D eigenvalue weighted by atomic mass is 10.00. The number of aromatic nitrogens is 3. The highest BCUT2D eigenvalue weighted by Gasteiger charge is 2.29. The van der Waals surface area contributed by atoms with Gasteiger partial charge in [0.1, 0.15) is 5.65 Å². The number of aromatic amines is 1. The number of fused-ring (bicyclic) bond motifs is 1. The summed E-state index contributed by atoms with van der Waals surface area (Å²) in [6, 6.07) is 5.95. The van der Waals surface area contributed by atoms with Gasteiger partial charge in [0.25, 0.3) is 5.56 Å². The number of nitrogens with one attached hydrogen (secondary N) is 1. The van der Waals surface area contributed by atoms with E-state index in [2.05, 4.69) is 28.9 Å². The Morgan fingerprint density at radius 1 is 1.37 bits per heavy atom. The molecular weight excluding hydrogens is 240 g/mol. The normalized spacial score (nSPS) is 21.3. The quantitative estimate of drug-likeness (QED) is 0.898. The van der Waals surface area contributed by atoms with Crippen molar-refractivity contribution in [2.75, 3.05) is 6.54 Å². The minimum Gasteiger partial charge on any atom is -0.291 e. The molecule has 3 rings (SSSR count). The number of rotatable bonds is 2. The number of H-pyrrole nitrogens is 1. The smallest absolute Gasteiger partial charge is 0.257 e. The first kappa shape index (κ1) is 12.4. The zero-order valence-electron chi connectivity index (χ0n) is 11.5. The summed E-state index contributed by atoms with van der Waals surface area (Å²) in [5, 5.41) is 7.38. The van der Waals surface area contributed by atoms with E-state index in [1.54, 1.807) is 16.5 Å². The predicted octanol–water partition coefficient (Wildman–Crippen LogP) is 1.96. The van der Waals surface area contributed by atoms with Gasteiger partial charge in [-0.3, -0.25) is 14.8 Å². The second-order valence-corrected chi connectivity index (χ2v) is 5.51. The summed E-state index contributed by atoms with van der Waals surface area (Å²) in [5.41, 5.74) is 0.771. The molecule has 1 saturated heterocycles. The van der Waals surface area contributed by atoms with Crippen molar-refractivity contribution in [3.63, 3.8) is 0 Å². The first-order valence-corrected chi connectivity index (χ1v) is 7.00. The summed E-state index contributed by atoms with van der Waals surface area (Å²) in [6.45, 7) is 5.49. The second-order valence-electron chi connectivity index (χ2n) is 5.51. The van der Waals surface area contributed by atoms with E-state index in [4.69, 9.17) is 0 Å². The fourth-order valence-corrected chi connectivity index (χ4v) is 3.05. The van der Waals surface area contributed by atoms with E-state index < -0.39 is 0 Å². The molecule has 2 aromatic heterocycles. The van der Waals surface area contributed by atoms with Gasteiger partial charge in [0.05, 0.1) is 6.04 Å². The van der Waals surface area contributed by atoms with Crippen molar-refractivity contribution in [3.8, 4) is 0 Å². The number of pyridine rings is 1. The van der Waals surface area contributed by atoms with Crippen LogP contribution in [0.2, 0.25) is 0 Å². The molecule has 102 valence electrons. The van der Waals surface area contributed by atoms with Crippen LogP contribution in [0.25, 0.3) is 5.65 Å². The first-order chi connectivity index (χ1) is 9.18. The summed E-state index contributed by atoms with van der Waals surface area (Å²) < 4.78 is 1.71. The maximum Gasteiger partial charge on any atom is 0.257 e. The van der Waals surface area contributed by atoms with Gasteiger partial charge in [-0.2, -0.15) is 5.10 Å². The molecule has 0 aromatic carbocycles. The number of hydrogen-bond donors (Lipinski definition) is 1. The van der Waals surface area contributed by atoms with Crippen LogP contribution in [-0.4, -0.2) is 32.1 Å². The highest BCUT2D eigenvalue weighted by Crippen LogP contribution is 2.31. The third kappa shape index (κ3) is 2.08. The molecule has 1 aliphatic heterocycles. The molecule has 5 nitrogen and oxygen atoms in total. The minimum absolute atomic E-state index is 0.00414. The molecule has 3 heterocycles. The van der Waals surface area contributed by atoms with Gasteiger partial charge in [0.2, 0.25) is 0 Å². The summed E-state index contributed by atoms with van der Waals surface area (Å²) >= 11 is 0. The Morgan fingerprint density at radius 3 is 3.00 bits per heavy atom.